The summed E-state index contributed by atoms with van der Waals surface area (Å²) < 4.78 is 27.3. The van der Waals surface area contributed by atoms with Gasteiger partial charge >= 0.3 is 0 Å². The molecule has 0 radical (unpaired) electrons. The number of sulfonamides is 1. The lowest BCUT2D eigenvalue weighted by molar-refractivity contribution is -0.120. The molecule has 0 aliphatic rings. The van der Waals surface area contributed by atoms with Gasteiger partial charge in [-0.2, -0.15) is 4.72 Å². The summed E-state index contributed by atoms with van der Waals surface area (Å²) in [6.07, 6.45) is 0. The molecule has 2 rings (SSSR count). The van der Waals surface area contributed by atoms with Crippen LogP contribution in [0.1, 0.15) is 23.4 Å². The highest BCUT2D eigenvalue weighted by Crippen LogP contribution is 2.24. The summed E-state index contributed by atoms with van der Waals surface area (Å²) in [6, 6.07) is 10.3. The Kier molecular flexibility index (Phi) is 5.71. The van der Waals surface area contributed by atoms with Crippen molar-refractivity contribution in [2.24, 2.45) is 5.73 Å². The summed E-state index contributed by atoms with van der Waals surface area (Å²) in [5, 5.41) is 2.59. The Morgan fingerprint density at radius 3 is 2.42 bits per heavy atom. The smallest absolute Gasteiger partial charge is 0.251 e. The number of hydrogen-bond donors (Lipinski definition) is 3. The fourth-order valence-electron chi connectivity index (χ4n) is 1.96. The largest absolute Gasteiger partial charge is 0.368 e. The fourth-order valence-corrected chi connectivity index (χ4v) is 4.46. The maximum Gasteiger partial charge on any atom is 0.251 e. The van der Waals surface area contributed by atoms with E-state index in [2.05, 4.69) is 10.0 Å². The van der Waals surface area contributed by atoms with Crippen LogP contribution in [0.3, 0.4) is 0 Å². The van der Waals surface area contributed by atoms with Crippen molar-refractivity contribution in [1.82, 2.24) is 10.0 Å². The van der Waals surface area contributed by atoms with Gasteiger partial charge in [0, 0.05) is 11.8 Å². The van der Waals surface area contributed by atoms with E-state index in [1.54, 1.807) is 36.4 Å². The third kappa shape index (κ3) is 4.63. The maximum atomic E-state index is 12.5. The van der Waals surface area contributed by atoms with Crippen LogP contribution in [0.4, 0.5) is 0 Å². The topological polar surface area (TPSA) is 118 Å². The normalized spacial score (nSPS) is 12.5. The standard InChI is InChI=1S/C15H17N3O4S2/c1-10(19)17-9-12-7-8-13(23-12)24(21,22)18-14(15(16)20)11-5-3-2-4-6-11/h2-8,14,18H,9H2,1H3,(H2,16,20)(H,17,19). The lowest BCUT2D eigenvalue weighted by Gasteiger charge is -2.15. The van der Waals surface area contributed by atoms with Gasteiger partial charge in [0.25, 0.3) is 10.0 Å². The first-order chi connectivity index (χ1) is 11.3. The molecule has 4 N–H and O–H groups in total. The summed E-state index contributed by atoms with van der Waals surface area (Å²) in [4.78, 5) is 23.2. The Morgan fingerprint density at radius 1 is 1.17 bits per heavy atom. The summed E-state index contributed by atoms with van der Waals surface area (Å²) >= 11 is 1.01. The Morgan fingerprint density at radius 2 is 1.83 bits per heavy atom. The number of carbonyl (C=O) groups is 2. The van der Waals surface area contributed by atoms with Crippen molar-refractivity contribution >= 4 is 33.2 Å². The van der Waals surface area contributed by atoms with Gasteiger partial charge in [-0.3, -0.25) is 9.59 Å². The Balaban J connectivity index is 2.20. The van der Waals surface area contributed by atoms with Gasteiger partial charge in [-0.1, -0.05) is 30.3 Å². The molecule has 2 amide bonds. The summed E-state index contributed by atoms with van der Waals surface area (Å²) in [7, 11) is -3.92. The summed E-state index contributed by atoms with van der Waals surface area (Å²) in [5.41, 5.74) is 5.79. The highest BCUT2D eigenvalue weighted by molar-refractivity contribution is 7.91. The van der Waals surface area contributed by atoms with Gasteiger partial charge in [-0.05, 0) is 17.7 Å². The summed E-state index contributed by atoms with van der Waals surface area (Å²) in [6.45, 7) is 1.62. The van der Waals surface area contributed by atoms with E-state index in [-0.39, 0.29) is 16.7 Å². The van der Waals surface area contributed by atoms with Crippen LogP contribution in [-0.4, -0.2) is 20.2 Å². The zero-order chi connectivity index (χ0) is 17.7. The molecular formula is C15H17N3O4S2. The molecule has 1 atom stereocenters. The van der Waals surface area contributed by atoms with Gasteiger partial charge in [-0.15, -0.1) is 11.3 Å². The van der Waals surface area contributed by atoms with Gasteiger partial charge in [-0.25, -0.2) is 8.42 Å². The molecule has 1 heterocycles. The lowest BCUT2D eigenvalue weighted by Crippen LogP contribution is -2.37. The Labute approximate surface area is 143 Å². The molecule has 9 heteroatoms. The van der Waals surface area contributed by atoms with Gasteiger partial charge in [0.2, 0.25) is 11.8 Å². The predicted octanol–water partition coefficient (Wildman–Crippen LogP) is 0.889. The zero-order valence-electron chi connectivity index (χ0n) is 12.9. The van der Waals surface area contributed by atoms with Crippen LogP contribution in [0.5, 0.6) is 0 Å². The molecule has 24 heavy (non-hydrogen) atoms. The van der Waals surface area contributed by atoms with Crippen molar-refractivity contribution in [3.8, 4) is 0 Å². The Bertz CT molecular complexity index is 831. The molecule has 0 aliphatic heterocycles. The second kappa shape index (κ2) is 7.56. The van der Waals surface area contributed by atoms with E-state index in [0.717, 1.165) is 11.3 Å². The number of rotatable bonds is 7. The Hall–Kier alpha value is -2.23. The molecule has 0 spiro atoms. The number of thiophene rings is 1. The van der Waals surface area contributed by atoms with Gasteiger partial charge in [0.15, 0.2) is 0 Å². The number of nitrogens with two attached hydrogens (primary N) is 1. The first-order valence-electron chi connectivity index (χ1n) is 6.99. The first-order valence-corrected chi connectivity index (χ1v) is 9.29. The fraction of sp³-hybridized carbons (Fsp3) is 0.200. The molecule has 0 saturated carbocycles. The highest BCUT2D eigenvalue weighted by Gasteiger charge is 2.26. The molecule has 0 fully saturated rings. The van der Waals surface area contributed by atoms with Crippen molar-refractivity contribution in [3.05, 3.63) is 52.9 Å². The number of amides is 2. The van der Waals surface area contributed by atoms with Crippen molar-refractivity contribution < 1.29 is 18.0 Å². The van der Waals surface area contributed by atoms with Crippen molar-refractivity contribution in [2.45, 2.75) is 23.7 Å². The van der Waals surface area contributed by atoms with Crippen LogP contribution >= 0.6 is 11.3 Å². The quantitative estimate of drug-likeness (QED) is 0.673. The molecular weight excluding hydrogens is 350 g/mol. The molecule has 1 aromatic carbocycles. The molecule has 7 nitrogen and oxygen atoms in total. The molecule has 2 aromatic rings. The molecule has 1 unspecified atom stereocenters. The third-order valence-electron chi connectivity index (χ3n) is 3.10. The van der Waals surface area contributed by atoms with Gasteiger partial charge in [0.05, 0.1) is 6.54 Å². The van der Waals surface area contributed by atoms with Crippen LogP contribution in [0.25, 0.3) is 0 Å². The zero-order valence-corrected chi connectivity index (χ0v) is 14.5. The minimum Gasteiger partial charge on any atom is -0.368 e. The molecule has 128 valence electrons. The van der Waals surface area contributed by atoms with E-state index in [0.29, 0.717) is 10.4 Å². The van der Waals surface area contributed by atoms with Gasteiger partial charge < -0.3 is 11.1 Å². The maximum absolute atomic E-state index is 12.5. The average Bonchev–Trinajstić information content (AvgIpc) is 3.01. The molecule has 0 saturated heterocycles. The minimum atomic E-state index is -3.92. The van der Waals surface area contributed by atoms with E-state index >= 15 is 0 Å². The van der Waals surface area contributed by atoms with Crippen LogP contribution in [-0.2, 0) is 26.2 Å². The van der Waals surface area contributed by atoms with Gasteiger partial charge in [0.1, 0.15) is 10.3 Å². The first kappa shape index (κ1) is 18.1. The number of hydrogen-bond acceptors (Lipinski definition) is 5. The van der Waals surface area contributed by atoms with E-state index in [4.69, 9.17) is 5.73 Å². The van der Waals surface area contributed by atoms with Crippen molar-refractivity contribution in [1.29, 1.82) is 0 Å². The van der Waals surface area contributed by atoms with E-state index < -0.39 is 22.0 Å². The minimum absolute atomic E-state index is 0.0463. The second-order valence-corrected chi connectivity index (χ2v) is 8.11. The molecule has 1 aromatic heterocycles. The molecule has 0 aliphatic carbocycles. The van der Waals surface area contributed by atoms with Crippen LogP contribution in [0.15, 0.2) is 46.7 Å². The monoisotopic (exact) mass is 367 g/mol. The number of carbonyl (C=O) groups excluding carboxylic acids is 2. The molecule has 0 bridgehead atoms. The predicted molar refractivity (Wildman–Crippen MR) is 90.5 cm³/mol. The van der Waals surface area contributed by atoms with Crippen molar-refractivity contribution in [2.75, 3.05) is 0 Å². The number of nitrogens with one attached hydrogen (secondary N) is 2. The second-order valence-electron chi connectivity index (χ2n) is 5.00. The third-order valence-corrected chi connectivity index (χ3v) is 6.10. The number of primary amides is 1. The van der Waals surface area contributed by atoms with Crippen LogP contribution < -0.4 is 15.8 Å². The van der Waals surface area contributed by atoms with E-state index in [9.17, 15) is 18.0 Å². The van der Waals surface area contributed by atoms with Crippen molar-refractivity contribution in [3.63, 3.8) is 0 Å². The SMILES string of the molecule is CC(=O)NCc1ccc(S(=O)(=O)NC(C(N)=O)c2ccccc2)s1. The summed E-state index contributed by atoms with van der Waals surface area (Å²) in [5.74, 6) is -0.997. The van der Waals surface area contributed by atoms with E-state index in [1.807, 2.05) is 0 Å². The van der Waals surface area contributed by atoms with E-state index in [1.165, 1.54) is 13.0 Å². The van der Waals surface area contributed by atoms with Crippen LogP contribution in [0, 0.1) is 0 Å². The lowest BCUT2D eigenvalue weighted by atomic mass is 10.1. The number of benzene rings is 1. The van der Waals surface area contributed by atoms with Crippen LogP contribution in [0.2, 0.25) is 0 Å². The average molecular weight is 367 g/mol. The highest BCUT2D eigenvalue weighted by atomic mass is 32.2.